The van der Waals surface area contributed by atoms with Crippen molar-refractivity contribution in [2.75, 3.05) is 13.7 Å². The third-order valence-corrected chi connectivity index (χ3v) is 5.71. The van der Waals surface area contributed by atoms with Crippen molar-refractivity contribution in [2.24, 2.45) is 0 Å². The second kappa shape index (κ2) is 7.60. The number of aromatic nitrogens is 2. The predicted octanol–water partition coefficient (Wildman–Crippen LogP) is 4.43. The van der Waals surface area contributed by atoms with Gasteiger partial charge in [0.05, 0.1) is 12.0 Å². The van der Waals surface area contributed by atoms with Gasteiger partial charge in [-0.3, -0.25) is 4.79 Å². The van der Waals surface area contributed by atoms with Crippen LogP contribution >= 0.6 is 11.3 Å². The van der Waals surface area contributed by atoms with Gasteiger partial charge in [0.15, 0.2) is 11.6 Å². The molecule has 0 fully saturated rings. The lowest BCUT2D eigenvalue weighted by atomic mass is 10.1. The minimum absolute atomic E-state index is 0.0775. The molecule has 0 aliphatic heterocycles. The van der Waals surface area contributed by atoms with E-state index in [2.05, 4.69) is 9.97 Å². The van der Waals surface area contributed by atoms with Crippen LogP contribution in [0.4, 0.5) is 4.39 Å². The smallest absolute Gasteiger partial charge is 0.264 e. The summed E-state index contributed by atoms with van der Waals surface area (Å²) in [5.41, 5.74) is 2.50. The molecule has 0 saturated heterocycles. The predicted molar refractivity (Wildman–Crippen MR) is 105 cm³/mol. The monoisotopic (exact) mass is 387 g/mol. The number of fused-ring (bicyclic) bond motifs is 1. The SMILES string of the molecule is CCN(Cc1ccc(OC)c(F)c1)C(=O)c1sc2nc(C)nc(C)c2c1C. The first kappa shape index (κ1) is 19.2. The van der Waals surface area contributed by atoms with Crippen LogP contribution in [0.1, 0.15) is 39.2 Å². The van der Waals surface area contributed by atoms with Gasteiger partial charge in [-0.1, -0.05) is 6.07 Å². The van der Waals surface area contributed by atoms with Gasteiger partial charge >= 0.3 is 0 Å². The molecule has 1 aromatic carbocycles. The van der Waals surface area contributed by atoms with Gasteiger partial charge in [-0.15, -0.1) is 11.3 Å². The molecule has 0 radical (unpaired) electrons. The van der Waals surface area contributed by atoms with E-state index >= 15 is 0 Å². The van der Waals surface area contributed by atoms with Crippen molar-refractivity contribution in [1.82, 2.24) is 14.9 Å². The third kappa shape index (κ3) is 3.64. The number of thiophene rings is 1. The molecular formula is C20H22FN3O2S. The number of hydrogen-bond donors (Lipinski definition) is 0. The molecule has 0 unspecified atom stereocenters. The number of ether oxygens (including phenoxy) is 1. The van der Waals surface area contributed by atoms with E-state index in [1.54, 1.807) is 17.0 Å². The van der Waals surface area contributed by atoms with E-state index in [0.717, 1.165) is 21.5 Å². The van der Waals surface area contributed by atoms with Crippen molar-refractivity contribution >= 4 is 27.5 Å². The highest BCUT2D eigenvalue weighted by molar-refractivity contribution is 7.20. The number of carbonyl (C=O) groups excluding carboxylic acids is 1. The number of carbonyl (C=O) groups is 1. The van der Waals surface area contributed by atoms with Crippen LogP contribution in [0.3, 0.4) is 0 Å². The van der Waals surface area contributed by atoms with E-state index in [1.807, 2.05) is 27.7 Å². The number of amides is 1. The summed E-state index contributed by atoms with van der Waals surface area (Å²) < 4.78 is 18.9. The van der Waals surface area contributed by atoms with Gasteiger partial charge in [-0.05, 0) is 51.0 Å². The molecule has 7 heteroatoms. The standard InChI is InChI=1S/C20H22FN3O2S/c1-6-24(10-14-7-8-16(26-5)15(21)9-14)20(25)18-11(2)17-12(3)22-13(4)23-19(17)27-18/h7-9H,6,10H2,1-5H3. The molecule has 0 bridgehead atoms. The molecule has 142 valence electrons. The zero-order valence-electron chi connectivity index (χ0n) is 16.1. The average molecular weight is 387 g/mol. The molecule has 0 atom stereocenters. The molecule has 3 aromatic rings. The first-order valence-corrected chi connectivity index (χ1v) is 9.53. The van der Waals surface area contributed by atoms with Crippen molar-refractivity contribution in [3.8, 4) is 5.75 Å². The number of halogens is 1. The molecule has 0 aliphatic carbocycles. The Labute approximate surface area is 161 Å². The number of benzene rings is 1. The van der Waals surface area contributed by atoms with Crippen LogP contribution in [0.5, 0.6) is 5.75 Å². The Morgan fingerprint density at radius 1 is 1.26 bits per heavy atom. The minimum atomic E-state index is -0.432. The highest BCUT2D eigenvalue weighted by Gasteiger charge is 2.23. The van der Waals surface area contributed by atoms with Crippen LogP contribution in [0, 0.1) is 26.6 Å². The summed E-state index contributed by atoms with van der Waals surface area (Å²) in [7, 11) is 1.43. The Hall–Kier alpha value is -2.54. The molecular weight excluding hydrogens is 365 g/mol. The van der Waals surface area contributed by atoms with E-state index in [0.29, 0.717) is 29.4 Å². The fourth-order valence-corrected chi connectivity index (χ4v) is 4.42. The van der Waals surface area contributed by atoms with Crippen LogP contribution in [0.15, 0.2) is 18.2 Å². The van der Waals surface area contributed by atoms with Gasteiger partial charge in [-0.2, -0.15) is 0 Å². The van der Waals surface area contributed by atoms with Crippen LogP contribution in [-0.2, 0) is 6.54 Å². The minimum Gasteiger partial charge on any atom is -0.494 e. The molecule has 2 heterocycles. The van der Waals surface area contributed by atoms with Crippen molar-refractivity contribution < 1.29 is 13.9 Å². The average Bonchev–Trinajstić information content (AvgIpc) is 2.95. The molecule has 0 spiro atoms. The highest BCUT2D eigenvalue weighted by Crippen LogP contribution is 2.32. The number of nitrogens with zero attached hydrogens (tertiary/aromatic N) is 3. The summed E-state index contributed by atoms with van der Waals surface area (Å²) in [6, 6.07) is 4.76. The van der Waals surface area contributed by atoms with Crippen LogP contribution in [-0.4, -0.2) is 34.4 Å². The summed E-state index contributed by atoms with van der Waals surface area (Å²) in [6.07, 6.45) is 0. The maximum Gasteiger partial charge on any atom is 0.264 e. The number of hydrogen-bond acceptors (Lipinski definition) is 5. The number of rotatable bonds is 5. The Morgan fingerprint density at radius 3 is 2.63 bits per heavy atom. The van der Waals surface area contributed by atoms with Gasteiger partial charge in [-0.25, -0.2) is 14.4 Å². The Morgan fingerprint density at radius 2 is 2.00 bits per heavy atom. The maximum absolute atomic E-state index is 14.0. The Kier molecular flexibility index (Phi) is 5.41. The molecule has 1 amide bonds. The maximum atomic E-state index is 14.0. The van der Waals surface area contributed by atoms with Crippen LogP contribution in [0.2, 0.25) is 0 Å². The van der Waals surface area contributed by atoms with E-state index in [1.165, 1.54) is 24.5 Å². The Bertz CT molecular complexity index is 1020. The quantitative estimate of drug-likeness (QED) is 0.650. The molecule has 0 saturated carbocycles. The summed E-state index contributed by atoms with van der Waals surface area (Å²) in [4.78, 5) is 25.2. The van der Waals surface area contributed by atoms with Crippen molar-refractivity contribution in [3.63, 3.8) is 0 Å². The second-order valence-electron chi connectivity index (χ2n) is 6.38. The lowest BCUT2D eigenvalue weighted by Crippen LogP contribution is -2.30. The second-order valence-corrected chi connectivity index (χ2v) is 7.38. The Balaban J connectivity index is 1.93. The van der Waals surface area contributed by atoms with E-state index in [9.17, 15) is 9.18 Å². The summed E-state index contributed by atoms with van der Waals surface area (Å²) in [5, 5.41) is 0.945. The molecule has 0 N–H and O–H groups in total. The van der Waals surface area contributed by atoms with Gasteiger partial charge in [0.25, 0.3) is 5.91 Å². The fraction of sp³-hybridized carbons (Fsp3) is 0.350. The molecule has 0 aliphatic rings. The lowest BCUT2D eigenvalue weighted by molar-refractivity contribution is 0.0756. The zero-order chi connectivity index (χ0) is 19.7. The molecule has 27 heavy (non-hydrogen) atoms. The number of methoxy groups -OCH3 is 1. The van der Waals surface area contributed by atoms with Crippen molar-refractivity contribution in [1.29, 1.82) is 0 Å². The molecule has 5 nitrogen and oxygen atoms in total. The summed E-state index contributed by atoms with van der Waals surface area (Å²) in [5.74, 6) is 0.378. The van der Waals surface area contributed by atoms with Gasteiger partial charge < -0.3 is 9.64 Å². The summed E-state index contributed by atoms with van der Waals surface area (Å²) >= 11 is 1.39. The van der Waals surface area contributed by atoms with E-state index in [-0.39, 0.29) is 11.7 Å². The first-order valence-electron chi connectivity index (χ1n) is 8.71. The van der Waals surface area contributed by atoms with E-state index in [4.69, 9.17) is 4.74 Å². The van der Waals surface area contributed by atoms with Gasteiger partial charge in [0, 0.05) is 24.2 Å². The van der Waals surface area contributed by atoms with Gasteiger partial charge in [0.1, 0.15) is 10.7 Å². The summed E-state index contributed by atoms with van der Waals surface area (Å²) in [6.45, 7) is 8.47. The topological polar surface area (TPSA) is 55.3 Å². The van der Waals surface area contributed by atoms with Crippen molar-refractivity contribution in [3.05, 3.63) is 51.5 Å². The molecule has 2 aromatic heterocycles. The van der Waals surface area contributed by atoms with Gasteiger partial charge in [0.2, 0.25) is 0 Å². The van der Waals surface area contributed by atoms with Crippen molar-refractivity contribution in [2.45, 2.75) is 34.2 Å². The normalized spacial score (nSPS) is 11.0. The fourth-order valence-electron chi connectivity index (χ4n) is 3.18. The third-order valence-electron chi connectivity index (χ3n) is 4.54. The largest absolute Gasteiger partial charge is 0.494 e. The van der Waals surface area contributed by atoms with Crippen LogP contribution in [0.25, 0.3) is 10.2 Å². The number of aryl methyl sites for hydroxylation is 3. The highest BCUT2D eigenvalue weighted by atomic mass is 32.1. The zero-order valence-corrected chi connectivity index (χ0v) is 16.9. The lowest BCUT2D eigenvalue weighted by Gasteiger charge is -2.21. The first-order chi connectivity index (χ1) is 12.8. The molecule has 3 rings (SSSR count). The van der Waals surface area contributed by atoms with E-state index < -0.39 is 5.82 Å². The van der Waals surface area contributed by atoms with Crippen LogP contribution < -0.4 is 4.74 Å².